The molecule has 0 fully saturated rings. The van der Waals surface area contributed by atoms with Crippen molar-refractivity contribution in [2.45, 2.75) is 19.0 Å². The second-order valence-corrected chi connectivity index (χ2v) is 9.34. The zero-order valence-corrected chi connectivity index (χ0v) is 19.4. The van der Waals surface area contributed by atoms with Gasteiger partial charge in [-0.2, -0.15) is 0 Å². The number of carbonyl (C=O) groups is 1. The number of fused-ring (bicyclic) bond motifs is 2. The molecule has 0 bridgehead atoms. The fourth-order valence-electron chi connectivity index (χ4n) is 4.83. The minimum atomic E-state index is -0.611. The van der Waals surface area contributed by atoms with Crippen LogP contribution < -0.4 is 0 Å². The third-order valence-electron chi connectivity index (χ3n) is 6.30. The molecule has 0 saturated heterocycles. The average Bonchev–Trinajstić information content (AvgIpc) is 3.26. The Hall–Kier alpha value is -2.62. The van der Waals surface area contributed by atoms with Gasteiger partial charge in [0, 0.05) is 48.8 Å². The summed E-state index contributed by atoms with van der Waals surface area (Å²) in [6.07, 6.45) is 0.647. The van der Waals surface area contributed by atoms with Crippen LogP contribution in [0.4, 0.5) is 8.78 Å². The van der Waals surface area contributed by atoms with Gasteiger partial charge in [-0.3, -0.25) is 19.6 Å². The predicted molar refractivity (Wildman–Crippen MR) is 123 cm³/mol. The van der Waals surface area contributed by atoms with Crippen LogP contribution in [0.2, 0.25) is 0 Å². The first-order valence-electron chi connectivity index (χ1n) is 10.9. The molecule has 172 valence electrons. The Kier molecular flexibility index (Phi) is 6.03. The number of halogens is 3. The van der Waals surface area contributed by atoms with Gasteiger partial charge in [0.15, 0.2) is 0 Å². The summed E-state index contributed by atoms with van der Waals surface area (Å²) in [6.45, 7) is 2.41. The summed E-state index contributed by atoms with van der Waals surface area (Å²) in [7, 11) is 0. The van der Waals surface area contributed by atoms with Crippen molar-refractivity contribution in [3.8, 4) is 0 Å². The lowest BCUT2D eigenvalue weighted by atomic mass is 9.97. The first-order chi connectivity index (χ1) is 15.9. The highest BCUT2D eigenvalue weighted by molar-refractivity contribution is 9.10. The van der Waals surface area contributed by atoms with Crippen molar-refractivity contribution in [1.29, 1.82) is 0 Å². The van der Waals surface area contributed by atoms with Crippen molar-refractivity contribution < 1.29 is 18.7 Å². The Morgan fingerprint density at radius 3 is 2.52 bits per heavy atom. The first kappa shape index (κ1) is 22.2. The fourth-order valence-corrected chi connectivity index (χ4v) is 5.09. The summed E-state index contributed by atoms with van der Waals surface area (Å²) in [5.41, 5.74) is 2.95. The van der Waals surface area contributed by atoms with Crippen LogP contribution in [0, 0.1) is 11.6 Å². The molecule has 0 radical (unpaired) electrons. The van der Waals surface area contributed by atoms with E-state index in [-0.39, 0.29) is 12.5 Å². The number of amides is 1. The van der Waals surface area contributed by atoms with Crippen molar-refractivity contribution in [3.63, 3.8) is 0 Å². The van der Waals surface area contributed by atoms with E-state index in [0.29, 0.717) is 56.2 Å². The van der Waals surface area contributed by atoms with E-state index in [1.807, 2.05) is 29.2 Å². The monoisotopic (exact) mass is 516 g/mol. The molecule has 5 rings (SSSR count). The van der Waals surface area contributed by atoms with Crippen molar-refractivity contribution in [2.24, 2.45) is 4.99 Å². The third kappa shape index (κ3) is 4.20. The molecule has 3 heterocycles. The van der Waals surface area contributed by atoms with E-state index in [9.17, 15) is 18.7 Å². The molecule has 0 saturated carbocycles. The summed E-state index contributed by atoms with van der Waals surface area (Å²) in [4.78, 5) is 24.0. The molecule has 0 unspecified atom stereocenters. The van der Waals surface area contributed by atoms with Crippen LogP contribution in [0.1, 0.15) is 23.6 Å². The lowest BCUT2D eigenvalue weighted by Gasteiger charge is -2.44. The minimum absolute atomic E-state index is 0.181. The maximum absolute atomic E-state index is 13.7. The molecule has 33 heavy (non-hydrogen) atoms. The van der Waals surface area contributed by atoms with E-state index in [0.717, 1.165) is 21.8 Å². The molecule has 9 heteroatoms. The van der Waals surface area contributed by atoms with Gasteiger partial charge in [0.1, 0.15) is 11.6 Å². The smallest absolute Gasteiger partial charge is 0.260 e. The van der Waals surface area contributed by atoms with Crippen LogP contribution in [-0.2, 0) is 11.3 Å². The highest BCUT2D eigenvalue weighted by Crippen LogP contribution is 2.36. The van der Waals surface area contributed by atoms with Gasteiger partial charge >= 0.3 is 0 Å². The van der Waals surface area contributed by atoms with E-state index >= 15 is 0 Å². The maximum atomic E-state index is 13.7. The molecule has 3 aliphatic rings. The topological polar surface area (TPSA) is 59.4 Å². The average molecular weight is 517 g/mol. The Bertz CT molecular complexity index is 1130. The molecule has 0 spiro atoms. The molecule has 1 N–H and O–H groups in total. The van der Waals surface area contributed by atoms with Gasteiger partial charge in [0.25, 0.3) is 5.91 Å². The summed E-state index contributed by atoms with van der Waals surface area (Å²) in [6, 6.07) is 10.5. The van der Waals surface area contributed by atoms with E-state index in [4.69, 9.17) is 0 Å². The van der Waals surface area contributed by atoms with Crippen LogP contribution in [0.25, 0.3) is 0 Å². The molecule has 2 aromatic rings. The molecule has 0 aliphatic carbocycles. The van der Waals surface area contributed by atoms with E-state index in [1.165, 1.54) is 12.1 Å². The van der Waals surface area contributed by atoms with E-state index in [2.05, 4.69) is 25.8 Å². The second-order valence-electron chi connectivity index (χ2n) is 8.42. The van der Waals surface area contributed by atoms with Crippen molar-refractivity contribution in [2.75, 3.05) is 32.8 Å². The van der Waals surface area contributed by atoms with Gasteiger partial charge in [0.2, 0.25) is 5.96 Å². The lowest BCUT2D eigenvalue weighted by Crippen LogP contribution is -2.55. The Morgan fingerprint density at radius 1 is 1.09 bits per heavy atom. The molecular formula is C24H23BrF2N4O2. The summed E-state index contributed by atoms with van der Waals surface area (Å²) >= 11 is 3.42. The lowest BCUT2D eigenvalue weighted by molar-refractivity contribution is -0.127. The van der Waals surface area contributed by atoms with Gasteiger partial charge in [0.05, 0.1) is 24.8 Å². The zero-order valence-electron chi connectivity index (χ0n) is 17.8. The van der Waals surface area contributed by atoms with Crippen molar-refractivity contribution >= 4 is 27.8 Å². The predicted octanol–water partition coefficient (Wildman–Crippen LogP) is 3.43. The van der Waals surface area contributed by atoms with Crippen molar-refractivity contribution in [1.82, 2.24) is 14.7 Å². The Labute approximate surface area is 198 Å². The second kappa shape index (κ2) is 8.96. The molecule has 2 aromatic carbocycles. The van der Waals surface area contributed by atoms with Crippen LogP contribution >= 0.6 is 15.9 Å². The number of aliphatic hydroxyl groups is 1. The first-order valence-corrected chi connectivity index (χ1v) is 11.6. The normalized spacial score (nSPS) is 19.5. The Balaban J connectivity index is 1.45. The number of guanidine groups is 1. The molecule has 3 aliphatic heterocycles. The molecule has 6 nitrogen and oxygen atoms in total. The van der Waals surface area contributed by atoms with Gasteiger partial charge in [-0.15, -0.1) is 0 Å². The van der Waals surface area contributed by atoms with Gasteiger partial charge in [-0.25, -0.2) is 8.78 Å². The van der Waals surface area contributed by atoms with Crippen LogP contribution in [-0.4, -0.2) is 64.5 Å². The summed E-state index contributed by atoms with van der Waals surface area (Å²) in [5, 5.41) is 10.3. The summed E-state index contributed by atoms with van der Waals surface area (Å²) < 4.78 is 28.2. The fraction of sp³-hybridized carbons (Fsp3) is 0.333. The van der Waals surface area contributed by atoms with Crippen LogP contribution in [0.15, 0.2) is 63.2 Å². The molecule has 1 amide bonds. The Morgan fingerprint density at radius 2 is 1.82 bits per heavy atom. The minimum Gasteiger partial charge on any atom is -0.394 e. The SMILES string of the molecule is O=C1C2=C(CCN(Cc3cc(F)cc(F)c3)C2)N2CCN=C2N1[C@@H](CO)c1ccc(Br)cc1. The highest BCUT2D eigenvalue weighted by Gasteiger charge is 2.44. The molecule has 1 atom stereocenters. The number of carbonyl (C=O) groups excluding carboxylic acids is 1. The quantitative estimate of drug-likeness (QED) is 0.661. The van der Waals surface area contributed by atoms with Crippen molar-refractivity contribution in [3.05, 3.63) is 81.0 Å². The number of nitrogens with zero attached hydrogens (tertiary/aromatic N) is 4. The highest BCUT2D eigenvalue weighted by atomic mass is 79.9. The number of aliphatic hydroxyl groups excluding tert-OH is 1. The third-order valence-corrected chi connectivity index (χ3v) is 6.83. The standard InChI is InChI=1S/C24H23BrF2N4O2/c25-17-3-1-16(2-4-17)22(14-32)31-23(33)20-13-29(12-15-9-18(26)11-19(27)10-15)7-5-21(20)30-8-6-28-24(30)31/h1-4,9-11,22,32H,5-8,12-14H2/t22-/m0/s1. The number of hydrogen-bond donors (Lipinski definition) is 1. The number of rotatable bonds is 5. The number of benzene rings is 2. The number of hydrogen-bond acceptors (Lipinski definition) is 5. The molecular weight excluding hydrogens is 494 g/mol. The zero-order chi connectivity index (χ0) is 23.1. The maximum Gasteiger partial charge on any atom is 0.260 e. The van der Waals surface area contributed by atoms with Gasteiger partial charge in [-0.1, -0.05) is 28.1 Å². The van der Waals surface area contributed by atoms with E-state index in [1.54, 1.807) is 4.90 Å². The molecule has 0 aromatic heterocycles. The van der Waals surface area contributed by atoms with Gasteiger partial charge in [-0.05, 0) is 35.4 Å². The van der Waals surface area contributed by atoms with Crippen LogP contribution in [0.5, 0.6) is 0 Å². The largest absolute Gasteiger partial charge is 0.394 e. The van der Waals surface area contributed by atoms with Crippen LogP contribution in [0.3, 0.4) is 0 Å². The van der Waals surface area contributed by atoms with E-state index < -0.39 is 17.7 Å². The summed E-state index contributed by atoms with van der Waals surface area (Å²) in [5.74, 6) is -0.819. The van der Waals surface area contributed by atoms with Gasteiger partial charge < -0.3 is 10.0 Å². The number of aliphatic imine (C=N–C) groups is 1.